The zero-order valence-corrected chi connectivity index (χ0v) is 13.5. The number of anilines is 1. The number of benzene rings is 2. The van der Waals surface area contributed by atoms with Crippen molar-refractivity contribution in [2.75, 3.05) is 5.32 Å². The predicted octanol–water partition coefficient (Wildman–Crippen LogP) is 3.20. The van der Waals surface area contributed by atoms with E-state index in [-0.39, 0.29) is 5.69 Å². The molecule has 2 amide bonds. The number of nitrogens with zero attached hydrogens (tertiary/aromatic N) is 1. The molecule has 7 heteroatoms. The van der Waals surface area contributed by atoms with E-state index in [0.717, 1.165) is 5.56 Å². The summed E-state index contributed by atoms with van der Waals surface area (Å²) in [5.74, 6) is -2.83. The van der Waals surface area contributed by atoms with Crippen LogP contribution in [0, 0.1) is 11.7 Å². The average Bonchev–Trinajstić information content (AvgIpc) is 2.58. The summed E-state index contributed by atoms with van der Waals surface area (Å²) in [6.45, 7) is 1.41. The van der Waals surface area contributed by atoms with Crippen LogP contribution in [-0.2, 0) is 9.59 Å². The first-order valence-electron chi connectivity index (χ1n) is 7.11. The maximum Gasteiger partial charge on any atom is 0.252 e. The van der Waals surface area contributed by atoms with Crippen molar-refractivity contribution in [1.29, 1.82) is 0 Å². The van der Waals surface area contributed by atoms with Gasteiger partial charge in [0.1, 0.15) is 11.7 Å². The average molecular weight is 348 g/mol. The van der Waals surface area contributed by atoms with Crippen molar-refractivity contribution >= 4 is 35.3 Å². The van der Waals surface area contributed by atoms with E-state index in [1.165, 1.54) is 31.3 Å². The minimum atomic E-state index is -1.04. The molecule has 124 valence electrons. The lowest BCUT2D eigenvalue weighted by atomic mass is 10.1. The van der Waals surface area contributed by atoms with Crippen molar-refractivity contribution < 1.29 is 14.0 Å². The van der Waals surface area contributed by atoms with Gasteiger partial charge < -0.3 is 5.32 Å². The fraction of sp³-hybridized carbons (Fsp3) is 0.118. The van der Waals surface area contributed by atoms with Gasteiger partial charge in [-0.1, -0.05) is 35.9 Å². The van der Waals surface area contributed by atoms with E-state index in [1.54, 1.807) is 30.3 Å². The Bertz CT molecular complexity index is 763. The molecule has 24 heavy (non-hydrogen) atoms. The van der Waals surface area contributed by atoms with Crippen LogP contribution in [0.15, 0.2) is 53.6 Å². The summed E-state index contributed by atoms with van der Waals surface area (Å²) < 4.78 is 13.5. The fourth-order valence-corrected chi connectivity index (χ4v) is 1.86. The van der Waals surface area contributed by atoms with Crippen molar-refractivity contribution in [3.8, 4) is 0 Å². The Morgan fingerprint density at radius 1 is 1.12 bits per heavy atom. The summed E-state index contributed by atoms with van der Waals surface area (Å²) in [6, 6.07) is 12.6. The molecule has 0 aliphatic carbocycles. The van der Waals surface area contributed by atoms with Gasteiger partial charge in [0.2, 0.25) is 5.91 Å². The Balaban J connectivity index is 1.90. The van der Waals surface area contributed by atoms with Crippen molar-refractivity contribution in [1.82, 2.24) is 5.43 Å². The largest absolute Gasteiger partial charge is 0.323 e. The van der Waals surface area contributed by atoms with Crippen LogP contribution in [-0.4, -0.2) is 18.0 Å². The maximum atomic E-state index is 13.5. The molecule has 0 heterocycles. The molecule has 2 aromatic rings. The second-order valence-corrected chi connectivity index (χ2v) is 5.41. The molecular formula is C17H15ClFN3O2. The summed E-state index contributed by atoms with van der Waals surface area (Å²) in [4.78, 5) is 23.9. The van der Waals surface area contributed by atoms with Crippen LogP contribution in [0.25, 0.3) is 0 Å². The summed E-state index contributed by atoms with van der Waals surface area (Å²) in [6.07, 6.45) is 1.43. The number of rotatable bonds is 5. The van der Waals surface area contributed by atoms with Crippen LogP contribution < -0.4 is 10.7 Å². The summed E-state index contributed by atoms with van der Waals surface area (Å²) >= 11 is 5.76. The molecule has 0 aliphatic heterocycles. The number of hydrogen-bond acceptors (Lipinski definition) is 3. The zero-order chi connectivity index (χ0) is 17.5. The van der Waals surface area contributed by atoms with Gasteiger partial charge in [0, 0.05) is 5.02 Å². The van der Waals surface area contributed by atoms with Crippen LogP contribution >= 0.6 is 11.6 Å². The minimum Gasteiger partial charge on any atom is -0.323 e. The molecule has 0 bridgehead atoms. The van der Waals surface area contributed by atoms with E-state index in [4.69, 9.17) is 11.6 Å². The zero-order valence-electron chi connectivity index (χ0n) is 12.8. The molecule has 0 aliphatic rings. The standard InChI is InChI=1S/C17H15ClFN3O2/c1-11(16(23)21-15-5-3-2-4-14(15)19)17(24)22-20-10-12-6-8-13(18)9-7-12/h2-11H,1H3,(H,21,23)(H,22,24). The number of nitrogens with one attached hydrogen (secondary N) is 2. The Morgan fingerprint density at radius 3 is 2.46 bits per heavy atom. The van der Waals surface area contributed by atoms with Crippen molar-refractivity contribution in [3.05, 3.63) is 64.9 Å². The molecule has 5 nitrogen and oxygen atoms in total. The predicted molar refractivity (Wildman–Crippen MR) is 91.4 cm³/mol. The number of hydrazone groups is 1. The van der Waals surface area contributed by atoms with E-state index in [0.29, 0.717) is 5.02 Å². The molecule has 0 radical (unpaired) electrons. The van der Waals surface area contributed by atoms with E-state index >= 15 is 0 Å². The van der Waals surface area contributed by atoms with Crippen LogP contribution in [0.1, 0.15) is 12.5 Å². The minimum absolute atomic E-state index is 0.0202. The normalized spacial score (nSPS) is 12.0. The lowest BCUT2D eigenvalue weighted by Crippen LogP contribution is -2.34. The van der Waals surface area contributed by atoms with Gasteiger partial charge in [-0.15, -0.1) is 0 Å². The SMILES string of the molecule is CC(C(=O)NN=Cc1ccc(Cl)cc1)C(=O)Nc1ccccc1F. The third-order valence-electron chi connectivity index (χ3n) is 3.18. The molecule has 1 unspecified atom stereocenters. The smallest absolute Gasteiger partial charge is 0.252 e. The number of halogens is 2. The second kappa shape index (κ2) is 8.21. The molecule has 2 N–H and O–H groups in total. The first-order valence-corrected chi connectivity index (χ1v) is 7.49. The van der Waals surface area contributed by atoms with Crippen molar-refractivity contribution in [2.24, 2.45) is 11.0 Å². The highest BCUT2D eigenvalue weighted by molar-refractivity contribution is 6.30. The second-order valence-electron chi connectivity index (χ2n) is 4.98. The Morgan fingerprint density at radius 2 is 1.79 bits per heavy atom. The summed E-state index contributed by atoms with van der Waals surface area (Å²) in [5.41, 5.74) is 3.03. The molecule has 0 saturated heterocycles. The van der Waals surface area contributed by atoms with Gasteiger partial charge in [-0.3, -0.25) is 9.59 Å². The molecule has 0 fully saturated rings. The molecule has 0 saturated carbocycles. The molecule has 0 aromatic heterocycles. The third kappa shape index (κ3) is 4.89. The van der Waals surface area contributed by atoms with Gasteiger partial charge in [0.05, 0.1) is 11.9 Å². The number of carbonyl (C=O) groups is 2. The fourth-order valence-electron chi connectivity index (χ4n) is 1.74. The molecule has 0 spiro atoms. The van der Waals surface area contributed by atoms with E-state index in [2.05, 4.69) is 15.8 Å². The quantitative estimate of drug-likeness (QED) is 0.495. The van der Waals surface area contributed by atoms with E-state index in [1.807, 2.05) is 0 Å². The third-order valence-corrected chi connectivity index (χ3v) is 3.43. The maximum absolute atomic E-state index is 13.5. The topological polar surface area (TPSA) is 70.6 Å². The first-order chi connectivity index (χ1) is 11.5. The number of hydrogen-bond donors (Lipinski definition) is 2. The van der Waals surface area contributed by atoms with Gasteiger partial charge in [-0.05, 0) is 36.8 Å². The highest BCUT2D eigenvalue weighted by Gasteiger charge is 2.21. The monoisotopic (exact) mass is 347 g/mol. The highest BCUT2D eigenvalue weighted by atomic mass is 35.5. The Kier molecular flexibility index (Phi) is 6.03. The van der Waals surface area contributed by atoms with Crippen LogP contribution in [0.2, 0.25) is 5.02 Å². The molecule has 1 atom stereocenters. The van der Waals surface area contributed by atoms with Gasteiger partial charge in [-0.2, -0.15) is 5.10 Å². The van der Waals surface area contributed by atoms with E-state index in [9.17, 15) is 14.0 Å². The number of amides is 2. The van der Waals surface area contributed by atoms with Crippen LogP contribution in [0.5, 0.6) is 0 Å². The van der Waals surface area contributed by atoms with E-state index < -0.39 is 23.5 Å². The van der Waals surface area contributed by atoms with Crippen LogP contribution in [0.3, 0.4) is 0 Å². The van der Waals surface area contributed by atoms with Crippen molar-refractivity contribution in [2.45, 2.75) is 6.92 Å². The number of carbonyl (C=O) groups excluding carboxylic acids is 2. The Labute approximate surface area is 143 Å². The first kappa shape index (κ1) is 17.6. The van der Waals surface area contributed by atoms with Crippen molar-refractivity contribution in [3.63, 3.8) is 0 Å². The molecule has 2 rings (SSSR count). The molecular weight excluding hydrogens is 333 g/mol. The van der Waals surface area contributed by atoms with Gasteiger partial charge in [-0.25, -0.2) is 9.82 Å². The van der Waals surface area contributed by atoms with Gasteiger partial charge in [0.15, 0.2) is 0 Å². The highest BCUT2D eigenvalue weighted by Crippen LogP contribution is 2.13. The van der Waals surface area contributed by atoms with Gasteiger partial charge in [0.25, 0.3) is 5.91 Å². The summed E-state index contributed by atoms with van der Waals surface area (Å²) in [7, 11) is 0. The number of para-hydroxylation sites is 1. The summed E-state index contributed by atoms with van der Waals surface area (Å²) in [5, 5.41) is 6.73. The van der Waals surface area contributed by atoms with Gasteiger partial charge >= 0.3 is 0 Å². The Hall–Kier alpha value is -2.73. The molecule has 2 aromatic carbocycles. The lowest BCUT2D eigenvalue weighted by molar-refractivity contribution is -0.131. The van der Waals surface area contributed by atoms with Crippen LogP contribution in [0.4, 0.5) is 10.1 Å². The lowest BCUT2D eigenvalue weighted by Gasteiger charge is -2.11.